The molecule has 0 aromatic rings. The molecule has 0 spiro atoms. The van der Waals surface area contributed by atoms with Gasteiger partial charge in [0, 0.05) is 19.0 Å². The predicted octanol–water partition coefficient (Wildman–Crippen LogP) is 2.36. The smallest absolute Gasteiger partial charge is 0.220 e. The van der Waals surface area contributed by atoms with Crippen LogP contribution >= 0.6 is 0 Å². The van der Waals surface area contributed by atoms with Crippen molar-refractivity contribution in [3.63, 3.8) is 0 Å². The summed E-state index contributed by atoms with van der Waals surface area (Å²) < 4.78 is 5.81. The van der Waals surface area contributed by atoms with Crippen LogP contribution < -0.4 is 11.1 Å². The molecule has 4 nitrogen and oxygen atoms in total. The number of hydrogen-bond acceptors (Lipinski definition) is 3. The summed E-state index contributed by atoms with van der Waals surface area (Å²) in [6.07, 6.45) is 11.9. The first-order chi connectivity index (χ1) is 9.75. The third-order valence-electron chi connectivity index (χ3n) is 4.75. The SMILES string of the molecule is NC1CCCCC1CC(=O)NCCOC1CCCCC1. The van der Waals surface area contributed by atoms with Crippen LogP contribution in [0.5, 0.6) is 0 Å². The minimum atomic E-state index is 0.139. The predicted molar refractivity (Wildman–Crippen MR) is 80.4 cm³/mol. The molecule has 3 N–H and O–H groups in total. The maximum Gasteiger partial charge on any atom is 0.220 e. The Morgan fingerprint density at radius 1 is 1.05 bits per heavy atom. The van der Waals surface area contributed by atoms with E-state index in [1.54, 1.807) is 0 Å². The topological polar surface area (TPSA) is 64.4 Å². The van der Waals surface area contributed by atoms with Gasteiger partial charge in [0.15, 0.2) is 0 Å². The van der Waals surface area contributed by atoms with E-state index in [9.17, 15) is 4.79 Å². The van der Waals surface area contributed by atoms with E-state index in [1.807, 2.05) is 0 Å². The van der Waals surface area contributed by atoms with Crippen molar-refractivity contribution in [2.75, 3.05) is 13.2 Å². The molecule has 20 heavy (non-hydrogen) atoms. The van der Waals surface area contributed by atoms with Crippen molar-refractivity contribution in [3.05, 3.63) is 0 Å². The molecule has 2 rings (SSSR count). The first-order valence-electron chi connectivity index (χ1n) is 8.39. The van der Waals surface area contributed by atoms with Gasteiger partial charge in [0.1, 0.15) is 0 Å². The zero-order chi connectivity index (χ0) is 14.2. The average Bonchev–Trinajstić information content (AvgIpc) is 2.47. The molecular formula is C16H30N2O2. The lowest BCUT2D eigenvalue weighted by atomic mass is 9.83. The van der Waals surface area contributed by atoms with Gasteiger partial charge in [-0.3, -0.25) is 4.79 Å². The second-order valence-electron chi connectivity index (χ2n) is 6.39. The van der Waals surface area contributed by atoms with Crippen molar-refractivity contribution < 1.29 is 9.53 Å². The Labute approximate surface area is 122 Å². The van der Waals surface area contributed by atoms with Crippen molar-refractivity contribution in [2.45, 2.75) is 76.4 Å². The molecule has 2 aliphatic rings. The van der Waals surface area contributed by atoms with Gasteiger partial charge in [0.2, 0.25) is 5.91 Å². The Bertz CT molecular complexity index is 290. The van der Waals surface area contributed by atoms with E-state index in [0.29, 0.717) is 31.6 Å². The fourth-order valence-corrected chi connectivity index (χ4v) is 3.45. The maximum absolute atomic E-state index is 11.9. The molecule has 0 saturated heterocycles. The van der Waals surface area contributed by atoms with Crippen LogP contribution in [0, 0.1) is 5.92 Å². The largest absolute Gasteiger partial charge is 0.376 e. The van der Waals surface area contributed by atoms with E-state index >= 15 is 0 Å². The van der Waals surface area contributed by atoms with E-state index in [-0.39, 0.29) is 11.9 Å². The van der Waals surface area contributed by atoms with Crippen LogP contribution in [0.3, 0.4) is 0 Å². The van der Waals surface area contributed by atoms with Crippen LogP contribution in [0.25, 0.3) is 0 Å². The Kier molecular flexibility index (Phi) is 6.80. The van der Waals surface area contributed by atoms with Crippen molar-refractivity contribution >= 4 is 5.91 Å². The Morgan fingerprint density at radius 3 is 2.50 bits per heavy atom. The first kappa shape index (κ1) is 15.8. The van der Waals surface area contributed by atoms with E-state index in [4.69, 9.17) is 10.5 Å². The van der Waals surface area contributed by atoms with Crippen molar-refractivity contribution in [1.82, 2.24) is 5.32 Å². The molecule has 0 aromatic heterocycles. The quantitative estimate of drug-likeness (QED) is 0.735. The average molecular weight is 282 g/mol. The highest BCUT2D eigenvalue weighted by Crippen LogP contribution is 2.25. The molecule has 116 valence electrons. The molecule has 0 aromatic carbocycles. The minimum absolute atomic E-state index is 0.139. The van der Waals surface area contributed by atoms with Gasteiger partial charge in [-0.05, 0) is 31.6 Å². The number of ether oxygens (including phenoxy) is 1. The monoisotopic (exact) mass is 282 g/mol. The molecule has 0 radical (unpaired) electrons. The van der Waals surface area contributed by atoms with E-state index in [0.717, 1.165) is 12.8 Å². The van der Waals surface area contributed by atoms with Gasteiger partial charge in [0.25, 0.3) is 0 Å². The zero-order valence-corrected chi connectivity index (χ0v) is 12.6. The molecule has 1 amide bonds. The molecule has 4 heteroatoms. The molecule has 2 aliphatic carbocycles. The Morgan fingerprint density at radius 2 is 1.75 bits per heavy atom. The molecule has 0 bridgehead atoms. The van der Waals surface area contributed by atoms with Crippen LogP contribution in [0.1, 0.15) is 64.2 Å². The summed E-state index contributed by atoms with van der Waals surface area (Å²) in [5, 5.41) is 2.97. The number of amides is 1. The van der Waals surface area contributed by atoms with Crippen LogP contribution in [-0.4, -0.2) is 31.2 Å². The highest BCUT2D eigenvalue weighted by Gasteiger charge is 2.23. The molecular weight excluding hydrogens is 252 g/mol. The normalized spacial score (nSPS) is 28.2. The molecule has 2 atom stereocenters. The Hall–Kier alpha value is -0.610. The summed E-state index contributed by atoms with van der Waals surface area (Å²) in [6, 6.07) is 0.216. The summed E-state index contributed by atoms with van der Waals surface area (Å²) in [5.74, 6) is 0.516. The van der Waals surface area contributed by atoms with Crippen molar-refractivity contribution in [3.8, 4) is 0 Å². The fraction of sp³-hybridized carbons (Fsp3) is 0.938. The second-order valence-corrected chi connectivity index (χ2v) is 6.39. The maximum atomic E-state index is 11.9. The first-order valence-corrected chi connectivity index (χ1v) is 8.39. The lowest BCUT2D eigenvalue weighted by Crippen LogP contribution is -2.38. The van der Waals surface area contributed by atoms with Crippen LogP contribution in [0.4, 0.5) is 0 Å². The standard InChI is InChI=1S/C16H30N2O2/c17-15-9-5-4-6-13(15)12-16(19)18-10-11-20-14-7-2-1-3-8-14/h13-15H,1-12,17H2,(H,18,19). The van der Waals surface area contributed by atoms with Crippen molar-refractivity contribution in [1.29, 1.82) is 0 Å². The van der Waals surface area contributed by atoms with E-state index in [2.05, 4.69) is 5.32 Å². The van der Waals surface area contributed by atoms with E-state index < -0.39 is 0 Å². The van der Waals surface area contributed by atoms with Gasteiger partial charge in [-0.15, -0.1) is 0 Å². The van der Waals surface area contributed by atoms with Gasteiger partial charge in [-0.1, -0.05) is 32.1 Å². The molecule has 2 saturated carbocycles. The second kappa shape index (κ2) is 8.63. The highest BCUT2D eigenvalue weighted by molar-refractivity contribution is 5.76. The molecule has 0 aliphatic heterocycles. The van der Waals surface area contributed by atoms with Gasteiger partial charge < -0.3 is 15.8 Å². The Balaban J connectivity index is 1.53. The number of hydrogen-bond donors (Lipinski definition) is 2. The lowest BCUT2D eigenvalue weighted by molar-refractivity contribution is -0.122. The van der Waals surface area contributed by atoms with E-state index in [1.165, 1.54) is 44.9 Å². The van der Waals surface area contributed by atoms with Gasteiger partial charge in [-0.25, -0.2) is 0 Å². The number of rotatable bonds is 6. The molecule has 0 heterocycles. The van der Waals surface area contributed by atoms with Crippen molar-refractivity contribution in [2.24, 2.45) is 11.7 Å². The third kappa shape index (κ3) is 5.41. The van der Waals surface area contributed by atoms with Crippen LogP contribution in [0.15, 0.2) is 0 Å². The van der Waals surface area contributed by atoms with Gasteiger partial charge in [-0.2, -0.15) is 0 Å². The summed E-state index contributed by atoms with van der Waals surface area (Å²) in [5.41, 5.74) is 6.07. The minimum Gasteiger partial charge on any atom is -0.376 e. The number of nitrogens with one attached hydrogen (secondary N) is 1. The summed E-state index contributed by atoms with van der Waals surface area (Å²) >= 11 is 0. The zero-order valence-electron chi connectivity index (χ0n) is 12.6. The van der Waals surface area contributed by atoms with Gasteiger partial charge in [0.05, 0.1) is 12.7 Å². The van der Waals surface area contributed by atoms with Gasteiger partial charge >= 0.3 is 0 Å². The molecule has 2 fully saturated rings. The number of carbonyl (C=O) groups excluding carboxylic acids is 1. The number of carbonyl (C=O) groups is 1. The lowest BCUT2D eigenvalue weighted by Gasteiger charge is -2.28. The van der Waals surface area contributed by atoms with Crippen LogP contribution in [-0.2, 0) is 9.53 Å². The summed E-state index contributed by atoms with van der Waals surface area (Å²) in [4.78, 5) is 11.9. The summed E-state index contributed by atoms with van der Waals surface area (Å²) in [6.45, 7) is 1.28. The van der Waals surface area contributed by atoms with Crippen LogP contribution in [0.2, 0.25) is 0 Å². The highest BCUT2D eigenvalue weighted by atomic mass is 16.5. The fourth-order valence-electron chi connectivity index (χ4n) is 3.45. The molecule has 2 unspecified atom stereocenters. The third-order valence-corrected chi connectivity index (χ3v) is 4.75. The number of nitrogens with two attached hydrogens (primary N) is 1. The summed E-state index contributed by atoms with van der Waals surface area (Å²) in [7, 11) is 0.